The Morgan fingerprint density at radius 3 is 2.32 bits per heavy atom. The summed E-state index contributed by atoms with van der Waals surface area (Å²) in [5.41, 5.74) is 0.876. The number of aryl methyl sites for hydroxylation is 1. The lowest BCUT2D eigenvalue weighted by Crippen LogP contribution is -2.48. The minimum Gasteiger partial charge on any atom is -0.451 e. The summed E-state index contributed by atoms with van der Waals surface area (Å²) in [5.74, 6) is 0.532. The van der Waals surface area contributed by atoms with Gasteiger partial charge in [-0.15, -0.1) is 0 Å². The zero-order chi connectivity index (χ0) is 22.2. The molecule has 1 aromatic rings. The predicted octanol–water partition coefficient (Wildman–Crippen LogP) is 3.73. The first-order valence-electron chi connectivity index (χ1n) is 11.2. The maximum absolute atomic E-state index is 13.6. The van der Waals surface area contributed by atoms with Crippen molar-refractivity contribution in [3.63, 3.8) is 0 Å². The second kappa shape index (κ2) is 8.60. The number of nitrogens with one attached hydrogen (secondary N) is 2. The van der Waals surface area contributed by atoms with E-state index in [-0.39, 0.29) is 17.9 Å². The maximum Gasteiger partial charge on any atom is 0.326 e. The zero-order valence-corrected chi connectivity index (χ0v) is 18.2. The molecule has 2 amide bonds. The van der Waals surface area contributed by atoms with Gasteiger partial charge in [0.1, 0.15) is 12.4 Å². The molecule has 0 aliphatic heterocycles. The van der Waals surface area contributed by atoms with E-state index in [2.05, 4.69) is 10.6 Å². The number of halogens is 1. The molecule has 0 spiro atoms. The molecular weight excluding hydrogens is 399 g/mol. The minimum atomic E-state index is -1.06. The quantitative estimate of drug-likeness (QED) is 0.646. The summed E-state index contributed by atoms with van der Waals surface area (Å²) in [6.45, 7) is 2.81. The number of carbonyl (C=O) groups is 3. The van der Waals surface area contributed by atoms with E-state index in [1.807, 2.05) is 0 Å². The fourth-order valence-electron chi connectivity index (χ4n) is 6.29. The van der Waals surface area contributed by atoms with Crippen LogP contribution in [0.4, 0.5) is 10.1 Å². The van der Waals surface area contributed by atoms with Crippen LogP contribution in [-0.2, 0) is 19.1 Å². The summed E-state index contributed by atoms with van der Waals surface area (Å²) in [5, 5.41) is 5.19. The smallest absolute Gasteiger partial charge is 0.326 e. The van der Waals surface area contributed by atoms with Crippen molar-refractivity contribution in [3.8, 4) is 0 Å². The molecule has 7 heteroatoms. The van der Waals surface area contributed by atoms with Gasteiger partial charge in [-0.25, -0.2) is 4.39 Å². The molecule has 4 aliphatic rings. The zero-order valence-electron chi connectivity index (χ0n) is 18.2. The van der Waals surface area contributed by atoms with Crippen LogP contribution >= 0.6 is 0 Å². The Labute approximate surface area is 182 Å². The molecule has 0 unspecified atom stereocenters. The molecule has 1 atom stereocenters. The molecule has 5 rings (SSSR count). The van der Waals surface area contributed by atoms with Crippen molar-refractivity contribution >= 4 is 23.5 Å². The van der Waals surface area contributed by atoms with Crippen LogP contribution in [0.25, 0.3) is 0 Å². The highest BCUT2D eigenvalue weighted by Gasteiger charge is 2.51. The Kier molecular flexibility index (Phi) is 6.04. The highest BCUT2D eigenvalue weighted by molar-refractivity contribution is 5.95. The average Bonchev–Trinajstić information content (AvgIpc) is 2.67. The molecule has 4 bridgehead atoms. The molecule has 31 heavy (non-hydrogen) atoms. The third-order valence-electron chi connectivity index (χ3n) is 7.25. The van der Waals surface area contributed by atoms with E-state index < -0.39 is 23.8 Å². The summed E-state index contributed by atoms with van der Waals surface area (Å²) in [4.78, 5) is 36.8. The molecule has 0 saturated heterocycles. The Bertz CT molecular complexity index is 849. The lowest BCUT2D eigenvalue weighted by Gasteiger charge is -2.56. The number of esters is 1. The topological polar surface area (TPSA) is 84.5 Å². The number of ether oxygens (including phenoxy) is 1. The molecule has 1 aromatic carbocycles. The molecule has 6 nitrogen and oxygen atoms in total. The van der Waals surface area contributed by atoms with Crippen molar-refractivity contribution in [2.24, 2.45) is 23.2 Å². The number of benzene rings is 1. The molecular formula is C24H31FN2O4. The number of carbonyl (C=O) groups excluding carboxylic acids is 3. The van der Waals surface area contributed by atoms with Crippen molar-refractivity contribution in [3.05, 3.63) is 29.6 Å². The Balaban J connectivity index is 1.21. The molecule has 0 heterocycles. The summed E-state index contributed by atoms with van der Waals surface area (Å²) in [6.07, 6.45) is 6.78. The van der Waals surface area contributed by atoms with Crippen LogP contribution in [0, 0.1) is 35.9 Å². The summed E-state index contributed by atoms with van der Waals surface area (Å²) in [7, 11) is 0. The van der Waals surface area contributed by atoms with Gasteiger partial charge in [-0.05, 0) is 93.2 Å². The Morgan fingerprint density at radius 1 is 1.13 bits per heavy atom. The monoisotopic (exact) mass is 430 g/mol. The van der Waals surface area contributed by atoms with E-state index >= 15 is 0 Å². The van der Waals surface area contributed by atoms with Crippen molar-refractivity contribution < 1.29 is 23.5 Å². The predicted molar refractivity (Wildman–Crippen MR) is 114 cm³/mol. The fourth-order valence-corrected chi connectivity index (χ4v) is 6.29. The lowest BCUT2D eigenvalue weighted by molar-refractivity contribution is -0.153. The number of amides is 2. The summed E-state index contributed by atoms with van der Waals surface area (Å²) < 4.78 is 18.7. The van der Waals surface area contributed by atoms with Crippen molar-refractivity contribution in [1.82, 2.24) is 5.32 Å². The number of hydrogen-bond acceptors (Lipinski definition) is 4. The summed E-state index contributed by atoms with van der Waals surface area (Å²) in [6, 6.07) is 4.35. The SMILES string of the molecule is Cc1ccc(NC(=O)[C@@H](C)OC(=O)CNC(=O)CC23CC4CC(CC(C4)C2)C3)cc1F. The van der Waals surface area contributed by atoms with Crippen LogP contribution in [0.1, 0.15) is 57.4 Å². The van der Waals surface area contributed by atoms with Gasteiger partial charge in [-0.3, -0.25) is 14.4 Å². The van der Waals surface area contributed by atoms with E-state index in [0.717, 1.165) is 37.0 Å². The second-order valence-corrected chi connectivity index (χ2v) is 9.96. The molecule has 4 fully saturated rings. The second-order valence-electron chi connectivity index (χ2n) is 9.96. The first kappa shape index (κ1) is 21.8. The normalized spacial score (nSPS) is 29.3. The first-order chi connectivity index (χ1) is 14.7. The summed E-state index contributed by atoms with van der Waals surface area (Å²) >= 11 is 0. The van der Waals surface area contributed by atoms with Gasteiger partial charge in [0.05, 0.1) is 0 Å². The van der Waals surface area contributed by atoms with E-state index in [9.17, 15) is 18.8 Å². The van der Waals surface area contributed by atoms with Crippen LogP contribution in [0.3, 0.4) is 0 Å². The number of hydrogen-bond donors (Lipinski definition) is 2. The minimum absolute atomic E-state index is 0.110. The third-order valence-corrected chi connectivity index (χ3v) is 7.25. The van der Waals surface area contributed by atoms with Crippen LogP contribution in [0.15, 0.2) is 18.2 Å². The Morgan fingerprint density at radius 2 is 1.74 bits per heavy atom. The highest BCUT2D eigenvalue weighted by atomic mass is 19.1. The van der Waals surface area contributed by atoms with Crippen LogP contribution < -0.4 is 10.6 Å². The van der Waals surface area contributed by atoms with Gasteiger partial charge in [0.15, 0.2) is 6.10 Å². The molecule has 0 aromatic heterocycles. The standard InChI is InChI=1S/C24H31FN2O4/c1-14-3-4-19(8-20(14)25)27-23(30)15(2)31-22(29)13-26-21(28)12-24-9-16-5-17(10-24)7-18(6-16)11-24/h3-4,8,15-18H,5-7,9-13H2,1-2H3,(H,26,28)(H,27,30)/t15-,16?,17?,18?,24?/m1/s1. The molecule has 0 radical (unpaired) electrons. The van der Waals surface area contributed by atoms with Gasteiger partial charge in [0.25, 0.3) is 5.91 Å². The molecule has 2 N–H and O–H groups in total. The molecule has 4 aliphatic carbocycles. The van der Waals surface area contributed by atoms with Crippen molar-refractivity contribution in [1.29, 1.82) is 0 Å². The Hall–Kier alpha value is -2.44. The van der Waals surface area contributed by atoms with Gasteiger partial charge in [-0.2, -0.15) is 0 Å². The highest BCUT2D eigenvalue weighted by Crippen LogP contribution is 2.61. The maximum atomic E-state index is 13.6. The fraction of sp³-hybridized carbons (Fsp3) is 0.625. The van der Waals surface area contributed by atoms with Crippen LogP contribution in [0.2, 0.25) is 0 Å². The van der Waals surface area contributed by atoms with E-state index in [4.69, 9.17) is 4.74 Å². The lowest BCUT2D eigenvalue weighted by atomic mass is 9.49. The number of anilines is 1. The van der Waals surface area contributed by atoms with E-state index in [1.165, 1.54) is 32.3 Å². The van der Waals surface area contributed by atoms with Gasteiger partial charge in [0.2, 0.25) is 5.91 Å². The molecule has 168 valence electrons. The van der Waals surface area contributed by atoms with Crippen LogP contribution in [-0.4, -0.2) is 30.4 Å². The van der Waals surface area contributed by atoms with Gasteiger partial charge < -0.3 is 15.4 Å². The van der Waals surface area contributed by atoms with Crippen molar-refractivity contribution in [2.75, 3.05) is 11.9 Å². The molecule has 4 saturated carbocycles. The van der Waals surface area contributed by atoms with Crippen LogP contribution in [0.5, 0.6) is 0 Å². The number of rotatable bonds is 7. The van der Waals surface area contributed by atoms with Gasteiger partial charge in [-0.1, -0.05) is 6.07 Å². The third kappa shape index (κ3) is 5.08. The van der Waals surface area contributed by atoms with Gasteiger partial charge >= 0.3 is 5.97 Å². The largest absolute Gasteiger partial charge is 0.451 e. The van der Waals surface area contributed by atoms with Crippen molar-refractivity contribution in [2.45, 2.75) is 64.9 Å². The average molecular weight is 431 g/mol. The van der Waals surface area contributed by atoms with E-state index in [0.29, 0.717) is 17.7 Å². The van der Waals surface area contributed by atoms with Gasteiger partial charge in [0, 0.05) is 12.1 Å². The van der Waals surface area contributed by atoms with E-state index in [1.54, 1.807) is 19.1 Å². The first-order valence-corrected chi connectivity index (χ1v) is 11.2.